The van der Waals surface area contributed by atoms with Gasteiger partial charge in [-0.25, -0.2) is 4.68 Å². The minimum Gasteiger partial charge on any atom is -0.358 e. The summed E-state index contributed by atoms with van der Waals surface area (Å²) >= 11 is 0. The number of alkyl halides is 3. The number of halogens is 3. The van der Waals surface area contributed by atoms with Crippen LogP contribution >= 0.6 is 0 Å². The molecule has 0 fully saturated rings. The van der Waals surface area contributed by atoms with Crippen molar-refractivity contribution in [2.75, 3.05) is 11.9 Å². The van der Waals surface area contributed by atoms with Gasteiger partial charge in [-0.3, -0.25) is 14.9 Å². The lowest BCUT2D eigenvalue weighted by molar-refractivity contribution is -0.424. The molecule has 16 heteroatoms. The fourth-order valence-electron chi connectivity index (χ4n) is 2.10. The molecule has 0 saturated heterocycles. The van der Waals surface area contributed by atoms with Crippen LogP contribution in [-0.4, -0.2) is 48.1 Å². The summed E-state index contributed by atoms with van der Waals surface area (Å²) in [6.07, 6.45) is -2.16. The molecule has 1 amide bonds. The SMILES string of the molecule is Cc1c([N+](=O)[O-])c([N+](=O)[O-])nn1CC(=O)Nc1cnn(COCC(F)(F)F)c1. The van der Waals surface area contributed by atoms with Gasteiger partial charge in [0.1, 0.15) is 25.6 Å². The summed E-state index contributed by atoms with van der Waals surface area (Å²) in [5.41, 5.74) is -0.912. The third-order valence-electron chi connectivity index (χ3n) is 3.21. The van der Waals surface area contributed by atoms with E-state index in [2.05, 4.69) is 20.3 Å². The van der Waals surface area contributed by atoms with Gasteiger partial charge < -0.3 is 20.2 Å². The minimum atomic E-state index is -4.49. The highest BCUT2D eigenvalue weighted by atomic mass is 19.4. The molecule has 0 aromatic carbocycles. The van der Waals surface area contributed by atoms with Crippen molar-refractivity contribution in [2.24, 2.45) is 0 Å². The summed E-state index contributed by atoms with van der Waals surface area (Å²) in [6.45, 7) is -1.35. The van der Waals surface area contributed by atoms with Gasteiger partial charge in [-0.2, -0.15) is 23.0 Å². The summed E-state index contributed by atoms with van der Waals surface area (Å²) < 4.78 is 42.2. The van der Waals surface area contributed by atoms with E-state index in [1.54, 1.807) is 0 Å². The zero-order valence-corrected chi connectivity index (χ0v) is 14.0. The number of amides is 1. The number of nitrogens with one attached hydrogen (secondary N) is 1. The first-order valence-corrected chi connectivity index (χ1v) is 7.31. The van der Waals surface area contributed by atoms with Gasteiger partial charge in [-0.1, -0.05) is 0 Å². The number of nitro groups is 2. The first-order chi connectivity index (χ1) is 13.0. The van der Waals surface area contributed by atoms with Gasteiger partial charge in [0.05, 0.1) is 28.1 Å². The van der Waals surface area contributed by atoms with Crippen molar-refractivity contribution in [3.8, 4) is 0 Å². The van der Waals surface area contributed by atoms with E-state index >= 15 is 0 Å². The van der Waals surface area contributed by atoms with Crippen molar-refractivity contribution >= 4 is 23.1 Å². The average molecular weight is 407 g/mol. The number of hydrogen-bond acceptors (Lipinski definition) is 8. The molecule has 2 aromatic rings. The zero-order chi connectivity index (χ0) is 21.1. The van der Waals surface area contributed by atoms with Crippen LogP contribution in [0.2, 0.25) is 0 Å². The van der Waals surface area contributed by atoms with Crippen molar-refractivity contribution in [1.82, 2.24) is 19.6 Å². The Labute approximate surface area is 153 Å². The molecule has 0 radical (unpaired) electrons. The number of nitrogens with zero attached hydrogens (tertiary/aromatic N) is 6. The second-order valence-electron chi connectivity index (χ2n) is 5.34. The van der Waals surface area contributed by atoms with Crippen LogP contribution in [0.1, 0.15) is 5.69 Å². The van der Waals surface area contributed by atoms with Crippen LogP contribution < -0.4 is 5.32 Å². The molecule has 152 valence electrons. The molecule has 13 nitrogen and oxygen atoms in total. The summed E-state index contributed by atoms with van der Waals surface area (Å²) in [5.74, 6) is -1.74. The van der Waals surface area contributed by atoms with Crippen LogP contribution in [0.25, 0.3) is 0 Å². The van der Waals surface area contributed by atoms with E-state index in [1.807, 2.05) is 0 Å². The van der Waals surface area contributed by atoms with Crippen molar-refractivity contribution in [3.05, 3.63) is 38.3 Å². The number of aromatic nitrogens is 4. The normalized spacial score (nSPS) is 11.4. The van der Waals surface area contributed by atoms with Gasteiger partial charge in [0.25, 0.3) is 0 Å². The van der Waals surface area contributed by atoms with E-state index in [1.165, 1.54) is 13.1 Å². The maximum Gasteiger partial charge on any atom is 0.468 e. The van der Waals surface area contributed by atoms with E-state index in [0.717, 1.165) is 15.6 Å². The van der Waals surface area contributed by atoms with Crippen LogP contribution in [0.4, 0.5) is 30.4 Å². The number of carbonyl (C=O) groups is 1. The van der Waals surface area contributed by atoms with E-state index in [4.69, 9.17) is 0 Å². The summed E-state index contributed by atoms with van der Waals surface area (Å²) in [6, 6.07) is 0. The topological polar surface area (TPSA) is 160 Å². The molecule has 2 aromatic heterocycles. The maximum absolute atomic E-state index is 12.0. The fourth-order valence-corrected chi connectivity index (χ4v) is 2.10. The molecule has 0 unspecified atom stereocenters. The van der Waals surface area contributed by atoms with Crippen LogP contribution in [-0.2, 0) is 22.8 Å². The van der Waals surface area contributed by atoms with Crippen LogP contribution in [0.5, 0.6) is 0 Å². The quantitative estimate of drug-likeness (QED) is 0.507. The fraction of sp³-hybridized carbons (Fsp3) is 0.417. The molecule has 2 heterocycles. The molecule has 0 aliphatic rings. The molecule has 1 N–H and O–H groups in total. The molecule has 0 bridgehead atoms. The van der Waals surface area contributed by atoms with Crippen LogP contribution in [0.15, 0.2) is 12.4 Å². The average Bonchev–Trinajstić information content (AvgIpc) is 3.11. The molecule has 0 aliphatic heterocycles. The molecular formula is C12H12F3N7O6. The lowest BCUT2D eigenvalue weighted by Gasteiger charge is -2.07. The van der Waals surface area contributed by atoms with E-state index in [9.17, 15) is 38.2 Å². The highest BCUT2D eigenvalue weighted by Crippen LogP contribution is 2.29. The predicted octanol–water partition coefficient (Wildman–Crippen LogP) is 1.38. The lowest BCUT2D eigenvalue weighted by atomic mass is 10.4. The summed E-state index contributed by atoms with van der Waals surface area (Å²) in [5, 5.41) is 31.3. The number of ether oxygens (including phenoxy) is 1. The van der Waals surface area contributed by atoms with Gasteiger partial charge in [0.2, 0.25) is 5.91 Å². The molecule has 2 rings (SSSR count). The summed E-state index contributed by atoms with van der Waals surface area (Å²) in [7, 11) is 0. The Kier molecular flexibility index (Phi) is 5.92. The van der Waals surface area contributed by atoms with Gasteiger partial charge in [0, 0.05) is 0 Å². The largest absolute Gasteiger partial charge is 0.468 e. The van der Waals surface area contributed by atoms with Crippen molar-refractivity contribution in [3.63, 3.8) is 0 Å². The molecule has 0 spiro atoms. The third kappa shape index (κ3) is 5.22. The standard InChI is InChI=1S/C12H12F3N7O6/c1-7-10(21(24)25)11(22(26)27)18-20(7)4-9(23)17-8-2-16-19(3-8)6-28-5-12(13,14)15/h2-3H,4-6H2,1H3,(H,17,23). The Morgan fingerprint density at radius 1 is 1.32 bits per heavy atom. The van der Waals surface area contributed by atoms with Gasteiger partial charge in [0.15, 0.2) is 0 Å². The number of anilines is 1. The summed E-state index contributed by atoms with van der Waals surface area (Å²) in [4.78, 5) is 31.8. The Bertz CT molecular complexity index is 906. The highest BCUT2D eigenvalue weighted by Gasteiger charge is 2.35. The predicted molar refractivity (Wildman–Crippen MR) is 83.1 cm³/mol. The van der Waals surface area contributed by atoms with Crippen LogP contribution in [0.3, 0.4) is 0 Å². The first kappa shape index (κ1) is 20.7. The van der Waals surface area contributed by atoms with Gasteiger partial charge in [-0.05, 0) is 11.8 Å². The second-order valence-corrected chi connectivity index (χ2v) is 5.34. The first-order valence-electron chi connectivity index (χ1n) is 7.31. The number of hydrogen-bond donors (Lipinski definition) is 1. The van der Waals surface area contributed by atoms with Crippen molar-refractivity contribution in [2.45, 2.75) is 26.4 Å². The van der Waals surface area contributed by atoms with E-state index < -0.39 is 53.3 Å². The Morgan fingerprint density at radius 3 is 2.54 bits per heavy atom. The van der Waals surface area contributed by atoms with Crippen molar-refractivity contribution in [1.29, 1.82) is 0 Å². The lowest BCUT2D eigenvalue weighted by Crippen LogP contribution is -2.20. The maximum atomic E-state index is 12.0. The second kappa shape index (κ2) is 7.99. The smallest absolute Gasteiger partial charge is 0.358 e. The number of carbonyl (C=O) groups excluding carboxylic acids is 1. The Morgan fingerprint density at radius 2 is 2.00 bits per heavy atom. The van der Waals surface area contributed by atoms with E-state index in [-0.39, 0.29) is 11.4 Å². The Hall–Kier alpha value is -3.56. The molecule has 0 atom stereocenters. The highest BCUT2D eigenvalue weighted by molar-refractivity contribution is 5.90. The molecule has 0 aliphatic carbocycles. The van der Waals surface area contributed by atoms with Crippen LogP contribution in [0, 0.1) is 27.2 Å². The van der Waals surface area contributed by atoms with E-state index in [0.29, 0.717) is 0 Å². The molecule has 28 heavy (non-hydrogen) atoms. The van der Waals surface area contributed by atoms with Crippen molar-refractivity contribution < 1.29 is 32.5 Å². The molecule has 0 saturated carbocycles. The Balaban J connectivity index is 2.01. The number of rotatable bonds is 8. The zero-order valence-electron chi connectivity index (χ0n) is 14.0. The monoisotopic (exact) mass is 407 g/mol. The molecular weight excluding hydrogens is 395 g/mol. The van der Waals surface area contributed by atoms with Gasteiger partial charge >= 0.3 is 17.7 Å². The minimum absolute atomic E-state index is 0.106. The third-order valence-corrected chi connectivity index (χ3v) is 3.21. The van der Waals surface area contributed by atoms with Gasteiger partial charge in [-0.15, -0.1) is 0 Å².